The monoisotopic (exact) mass is 578 g/mol. The molecule has 3 aromatic carbocycles. The van der Waals surface area contributed by atoms with Crippen molar-refractivity contribution < 1.29 is 13.2 Å². The van der Waals surface area contributed by atoms with Crippen molar-refractivity contribution in [1.29, 1.82) is 0 Å². The van der Waals surface area contributed by atoms with Gasteiger partial charge in [0.25, 0.3) is 0 Å². The summed E-state index contributed by atoms with van der Waals surface area (Å²) in [5.41, 5.74) is 2.31. The van der Waals surface area contributed by atoms with Crippen molar-refractivity contribution in [2.75, 3.05) is 65.4 Å². The number of halogens is 3. The van der Waals surface area contributed by atoms with Crippen molar-refractivity contribution in [2.24, 2.45) is 0 Å². The largest absolute Gasteiger partial charge is 0.301 e. The first-order valence-electron chi connectivity index (χ1n) is 15.6. The van der Waals surface area contributed by atoms with Crippen molar-refractivity contribution in [2.45, 2.75) is 44.7 Å². The fourth-order valence-corrected chi connectivity index (χ4v) is 6.64. The molecule has 0 N–H and O–H groups in total. The highest BCUT2D eigenvalue weighted by Gasteiger charge is 2.29. The van der Waals surface area contributed by atoms with Gasteiger partial charge in [-0.15, -0.1) is 0 Å². The first-order valence-corrected chi connectivity index (χ1v) is 15.6. The molecule has 1 unspecified atom stereocenters. The van der Waals surface area contributed by atoms with E-state index in [2.05, 4.69) is 33.4 Å². The Morgan fingerprint density at radius 1 is 0.619 bits per heavy atom. The molecule has 0 aromatic heterocycles. The maximum atomic E-state index is 14.8. The molecule has 5 rings (SSSR count). The van der Waals surface area contributed by atoms with Crippen molar-refractivity contribution in [1.82, 2.24) is 19.6 Å². The zero-order valence-electron chi connectivity index (χ0n) is 25.1. The third-order valence-corrected chi connectivity index (χ3v) is 9.20. The van der Waals surface area contributed by atoms with E-state index >= 15 is 0 Å². The summed E-state index contributed by atoms with van der Waals surface area (Å²) < 4.78 is 43.3. The second kappa shape index (κ2) is 14.6. The molecule has 0 aliphatic carbocycles. The topological polar surface area (TPSA) is 13.0 Å². The summed E-state index contributed by atoms with van der Waals surface area (Å²) in [6.45, 7) is 14.4. The van der Waals surface area contributed by atoms with Crippen LogP contribution in [0.5, 0.6) is 0 Å². The average Bonchev–Trinajstić information content (AvgIpc) is 3.00. The molecule has 3 aromatic rings. The van der Waals surface area contributed by atoms with Crippen molar-refractivity contribution in [3.8, 4) is 0 Å². The van der Waals surface area contributed by atoms with E-state index in [1.807, 2.05) is 24.3 Å². The second-order valence-corrected chi connectivity index (χ2v) is 12.1. The number of nitrogens with zero attached hydrogens (tertiary/aromatic N) is 4. The summed E-state index contributed by atoms with van der Waals surface area (Å²) in [7, 11) is 0. The van der Waals surface area contributed by atoms with Gasteiger partial charge in [0.15, 0.2) is 0 Å². The van der Waals surface area contributed by atoms with Crippen LogP contribution < -0.4 is 0 Å². The Kier molecular flexibility index (Phi) is 10.7. The maximum absolute atomic E-state index is 14.8. The van der Waals surface area contributed by atoms with Crippen molar-refractivity contribution in [3.63, 3.8) is 0 Å². The predicted octanol–water partition coefficient (Wildman–Crippen LogP) is 6.40. The van der Waals surface area contributed by atoms with Crippen LogP contribution in [0.25, 0.3) is 0 Å². The molecule has 42 heavy (non-hydrogen) atoms. The molecule has 0 amide bonds. The normalized spacial score (nSPS) is 18.6. The van der Waals surface area contributed by atoms with Gasteiger partial charge in [0, 0.05) is 76.9 Å². The summed E-state index contributed by atoms with van der Waals surface area (Å²) in [4.78, 5) is 10.1. The van der Waals surface area contributed by atoms with Crippen LogP contribution in [0.15, 0.2) is 72.8 Å². The smallest absolute Gasteiger partial charge is 0.127 e. The lowest BCUT2D eigenvalue weighted by atomic mass is 9.86. The lowest BCUT2D eigenvalue weighted by Gasteiger charge is -2.43. The third kappa shape index (κ3) is 7.81. The highest BCUT2D eigenvalue weighted by molar-refractivity contribution is 5.34. The van der Waals surface area contributed by atoms with Crippen LogP contribution in [0.2, 0.25) is 0 Å². The Morgan fingerprint density at radius 2 is 1.14 bits per heavy atom. The molecule has 2 aliphatic rings. The Balaban J connectivity index is 1.16. The zero-order chi connectivity index (χ0) is 29.5. The minimum absolute atomic E-state index is 0.192. The van der Waals surface area contributed by atoms with E-state index < -0.39 is 0 Å². The number of piperazine rings is 2. The van der Waals surface area contributed by atoms with Crippen LogP contribution in [0.4, 0.5) is 13.2 Å². The van der Waals surface area contributed by atoms with Gasteiger partial charge in [-0.2, -0.15) is 0 Å². The fraction of sp³-hybridized carbons (Fsp3) is 0.486. The van der Waals surface area contributed by atoms with Gasteiger partial charge < -0.3 is 4.90 Å². The summed E-state index contributed by atoms with van der Waals surface area (Å²) in [5.74, 6) is -1.05. The van der Waals surface area contributed by atoms with Gasteiger partial charge in [-0.25, -0.2) is 13.2 Å². The molecule has 7 heteroatoms. The predicted molar refractivity (Wildman–Crippen MR) is 164 cm³/mol. The van der Waals surface area contributed by atoms with Crippen LogP contribution in [0, 0.1) is 17.5 Å². The first-order chi connectivity index (χ1) is 20.4. The quantitative estimate of drug-likeness (QED) is 0.261. The van der Waals surface area contributed by atoms with Gasteiger partial charge in [-0.1, -0.05) is 48.5 Å². The lowest BCUT2D eigenvalue weighted by Crippen LogP contribution is -2.53. The van der Waals surface area contributed by atoms with Gasteiger partial charge in [0.2, 0.25) is 0 Å². The molecule has 2 heterocycles. The molecule has 0 radical (unpaired) electrons. The molecule has 1 atom stereocenters. The van der Waals surface area contributed by atoms with Crippen LogP contribution in [0.1, 0.15) is 55.3 Å². The summed E-state index contributed by atoms with van der Waals surface area (Å²) in [5, 5.41) is 0. The summed E-state index contributed by atoms with van der Waals surface area (Å²) >= 11 is 0. The minimum atomic E-state index is -0.304. The molecule has 0 bridgehead atoms. The van der Waals surface area contributed by atoms with E-state index in [0.717, 1.165) is 71.9 Å². The zero-order valence-corrected chi connectivity index (χ0v) is 25.1. The molecular weight excluding hydrogens is 533 g/mol. The number of benzene rings is 3. The first kappa shape index (κ1) is 30.7. The Hall–Kier alpha value is -2.71. The average molecular weight is 579 g/mol. The molecule has 2 fully saturated rings. The molecule has 2 aliphatic heterocycles. The van der Waals surface area contributed by atoms with Crippen LogP contribution >= 0.6 is 0 Å². The Morgan fingerprint density at radius 3 is 1.69 bits per heavy atom. The third-order valence-electron chi connectivity index (χ3n) is 9.20. The SMILES string of the molecule is CC(C)N1CCN(C(CN2CCN(CCCC(c3ccccc3F)c3ccccc3F)CC2)c2ccc(F)cc2)CC1. The molecule has 0 spiro atoms. The van der Waals surface area contributed by atoms with E-state index in [1.54, 1.807) is 36.4 Å². The van der Waals surface area contributed by atoms with E-state index in [4.69, 9.17) is 0 Å². The molecule has 4 nitrogen and oxygen atoms in total. The van der Waals surface area contributed by atoms with Gasteiger partial charge >= 0.3 is 0 Å². The number of rotatable bonds is 11. The Labute approximate surface area is 249 Å². The van der Waals surface area contributed by atoms with E-state index in [-0.39, 0.29) is 29.4 Å². The molecule has 226 valence electrons. The van der Waals surface area contributed by atoms with E-state index in [1.165, 1.54) is 17.7 Å². The van der Waals surface area contributed by atoms with Crippen LogP contribution in [-0.2, 0) is 0 Å². The number of hydrogen-bond acceptors (Lipinski definition) is 4. The number of hydrogen-bond donors (Lipinski definition) is 0. The Bertz CT molecular complexity index is 1210. The standard InChI is InChI=1S/C35H45F3N4/c1-27(2)41-22-24-42(25-23-41)35(28-13-15-29(36)16-14-28)26-40-20-18-39(19-21-40)17-7-10-30(31-8-3-5-11-33(31)37)32-9-4-6-12-34(32)38/h3-6,8-9,11-16,27,30,35H,7,10,17-26H2,1-2H3. The summed E-state index contributed by atoms with van der Waals surface area (Å²) in [6, 6.07) is 21.4. The van der Waals surface area contributed by atoms with Crippen molar-refractivity contribution in [3.05, 3.63) is 107 Å². The van der Waals surface area contributed by atoms with Gasteiger partial charge in [0.05, 0.1) is 0 Å². The maximum Gasteiger partial charge on any atom is 0.127 e. The van der Waals surface area contributed by atoms with Crippen molar-refractivity contribution >= 4 is 0 Å². The van der Waals surface area contributed by atoms with Crippen LogP contribution in [-0.4, -0.2) is 91.1 Å². The second-order valence-electron chi connectivity index (χ2n) is 12.1. The van der Waals surface area contributed by atoms with E-state index in [9.17, 15) is 13.2 Å². The van der Waals surface area contributed by atoms with Gasteiger partial charge in [-0.3, -0.25) is 14.7 Å². The highest BCUT2D eigenvalue weighted by atomic mass is 19.1. The van der Waals surface area contributed by atoms with Gasteiger partial charge in [0.1, 0.15) is 17.5 Å². The molecule has 0 saturated carbocycles. The minimum Gasteiger partial charge on any atom is -0.301 e. The van der Waals surface area contributed by atoms with Crippen LogP contribution in [0.3, 0.4) is 0 Å². The molecule has 2 saturated heterocycles. The highest BCUT2D eigenvalue weighted by Crippen LogP contribution is 2.33. The lowest BCUT2D eigenvalue weighted by molar-refractivity contribution is 0.0479. The molecular formula is C35H45F3N4. The fourth-order valence-electron chi connectivity index (χ4n) is 6.64. The van der Waals surface area contributed by atoms with Gasteiger partial charge in [-0.05, 0) is 74.2 Å². The summed E-state index contributed by atoms with van der Waals surface area (Å²) in [6.07, 6.45) is 1.56. The van der Waals surface area contributed by atoms with E-state index in [0.29, 0.717) is 23.6 Å².